The summed E-state index contributed by atoms with van der Waals surface area (Å²) in [6, 6.07) is 18.2. The predicted octanol–water partition coefficient (Wildman–Crippen LogP) is 1.95. The Labute approximate surface area is 185 Å². The minimum Gasteiger partial charge on any atom is -0.396 e. The van der Waals surface area contributed by atoms with Gasteiger partial charge in [-0.1, -0.05) is 48.5 Å². The normalized spacial score (nSPS) is 17.5. The van der Waals surface area contributed by atoms with Crippen LogP contribution in [0.2, 0.25) is 0 Å². The zero-order chi connectivity index (χ0) is 22.3. The summed E-state index contributed by atoms with van der Waals surface area (Å²) in [6.45, 7) is 1.28. The van der Waals surface area contributed by atoms with Crippen molar-refractivity contribution in [3.8, 4) is 0 Å². The molecule has 0 spiro atoms. The fraction of sp³-hybridized carbons (Fsp3) is 0.435. The molecule has 0 unspecified atom stereocenters. The van der Waals surface area contributed by atoms with Gasteiger partial charge in [0.2, 0.25) is 10.0 Å². The van der Waals surface area contributed by atoms with Crippen molar-refractivity contribution in [1.29, 1.82) is 0 Å². The fourth-order valence-corrected chi connectivity index (χ4v) is 5.16. The molecule has 1 heterocycles. The monoisotopic (exact) mass is 444 g/mol. The summed E-state index contributed by atoms with van der Waals surface area (Å²) in [4.78, 5) is 9.07. The van der Waals surface area contributed by atoms with Gasteiger partial charge in [0.15, 0.2) is 5.96 Å². The van der Waals surface area contributed by atoms with Crippen LogP contribution in [0, 0.1) is 0 Å². The van der Waals surface area contributed by atoms with Crippen molar-refractivity contribution in [2.24, 2.45) is 4.99 Å². The number of aliphatic imine (C=N–C) groups is 1. The van der Waals surface area contributed by atoms with E-state index in [9.17, 15) is 13.5 Å². The van der Waals surface area contributed by atoms with E-state index < -0.39 is 10.0 Å². The molecule has 8 heteroatoms. The lowest BCUT2D eigenvalue weighted by Crippen LogP contribution is -2.51. The van der Waals surface area contributed by atoms with E-state index in [1.165, 1.54) is 0 Å². The van der Waals surface area contributed by atoms with Crippen LogP contribution in [0.1, 0.15) is 18.4 Å². The van der Waals surface area contributed by atoms with Crippen LogP contribution in [-0.2, 0) is 16.4 Å². The molecule has 31 heavy (non-hydrogen) atoms. The van der Waals surface area contributed by atoms with Crippen molar-refractivity contribution in [1.82, 2.24) is 14.5 Å². The van der Waals surface area contributed by atoms with Crippen molar-refractivity contribution in [3.63, 3.8) is 0 Å². The first-order valence-electron chi connectivity index (χ1n) is 10.6. The van der Waals surface area contributed by atoms with Crippen LogP contribution in [0.4, 0.5) is 0 Å². The third-order valence-electron chi connectivity index (χ3n) is 5.35. The maximum Gasteiger partial charge on any atom is 0.240 e. The third kappa shape index (κ3) is 6.29. The Balaban J connectivity index is 1.85. The Bertz CT molecular complexity index is 949. The zero-order valence-corrected chi connectivity index (χ0v) is 19.0. The first kappa shape index (κ1) is 23.2. The molecule has 0 aromatic heterocycles. The van der Waals surface area contributed by atoms with Gasteiger partial charge in [0.1, 0.15) is 0 Å². The number of aliphatic hydroxyl groups is 1. The van der Waals surface area contributed by atoms with E-state index in [0.29, 0.717) is 25.9 Å². The highest BCUT2D eigenvalue weighted by molar-refractivity contribution is 7.89. The summed E-state index contributed by atoms with van der Waals surface area (Å²) in [7, 11) is 0.227. The molecule has 0 saturated carbocycles. The average molecular weight is 445 g/mol. The van der Waals surface area contributed by atoms with Gasteiger partial charge in [0, 0.05) is 33.3 Å². The number of sulfonamides is 1. The molecule has 2 atom stereocenters. The Morgan fingerprint density at radius 3 is 2.39 bits per heavy atom. The number of nitrogens with zero attached hydrogens (tertiary/aromatic N) is 3. The molecule has 2 aromatic carbocycles. The second-order valence-electron chi connectivity index (χ2n) is 8.03. The van der Waals surface area contributed by atoms with Gasteiger partial charge in [-0.25, -0.2) is 13.1 Å². The predicted molar refractivity (Wildman–Crippen MR) is 124 cm³/mol. The van der Waals surface area contributed by atoms with Gasteiger partial charge in [-0.05, 0) is 37.0 Å². The second-order valence-corrected chi connectivity index (χ2v) is 9.74. The van der Waals surface area contributed by atoms with Crippen molar-refractivity contribution < 1.29 is 13.5 Å². The SMILES string of the molecule is CN(C)C1=NC[C@H](CCCO)N1C[C@H](Cc1ccccc1)NS(=O)(=O)c1ccccc1. The molecule has 0 radical (unpaired) electrons. The average Bonchev–Trinajstić information content (AvgIpc) is 3.16. The molecule has 7 nitrogen and oxygen atoms in total. The number of rotatable bonds is 10. The highest BCUT2D eigenvalue weighted by Gasteiger charge is 2.32. The molecule has 1 aliphatic rings. The van der Waals surface area contributed by atoms with Gasteiger partial charge in [-0.3, -0.25) is 4.99 Å². The molecular formula is C23H32N4O3S. The molecular weight excluding hydrogens is 412 g/mol. The summed E-state index contributed by atoms with van der Waals surface area (Å²) in [5, 5.41) is 9.29. The van der Waals surface area contributed by atoms with E-state index in [1.807, 2.05) is 49.3 Å². The number of hydrogen-bond acceptors (Lipinski definition) is 6. The number of nitrogens with one attached hydrogen (secondary N) is 1. The second kappa shape index (κ2) is 10.7. The molecule has 2 N–H and O–H groups in total. The Morgan fingerprint density at radius 1 is 1.13 bits per heavy atom. The lowest BCUT2D eigenvalue weighted by Gasteiger charge is -2.34. The van der Waals surface area contributed by atoms with Gasteiger partial charge in [0.05, 0.1) is 17.5 Å². The standard InChI is InChI=1S/C23H32N4O3S/c1-26(2)23-24-17-21(12-9-15-28)27(23)18-20(16-19-10-5-3-6-11-19)25-31(29,30)22-13-7-4-8-14-22/h3-8,10-11,13-14,20-21,25,28H,9,12,15-18H2,1-2H3/t20-,21-/m0/s1. The first-order valence-corrected chi connectivity index (χ1v) is 12.1. The van der Waals surface area contributed by atoms with E-state index >= 15 is 0 Å². The van der Waals surface area contributed by atoms with E-state index in [4.69, 9.17) is 0 Å². The molecule has 0 bridgehead atoms. The maximum atomic E-state index is 13.1. The summed E-state index contributed by atoms with van der Waals surface area (Å²) in [5.74, 6) is 0.847. The van der Waals surface area contributed by atoms with Gasteiger partial charge in [-0.15, -0.1) is 0 Å². The van der Waals surface area contributed by atoms with E-state index in [1.54, 1.807) is 30.3 Å². The van der Waals surface area contributed by atoms with Crippen LogP contribution < -0.4 is 4.72 Å². The first-order chi connectivity index (χ1) is 14.9. The number of guanidine groups is 1. The molecule has 2 aromatic rings. The fourth-order valence-electron chi connectivity index (χ4n) is 3.91. The van der Waals surface area contributed by atoms with Crippen LogP contribution in [0.15, 0.2) is 70.6 Å². The molecule has 1 aliphatic heterocycles. The summed E-state index contributed by atoms with van der Waals surface area (Å²) in [5.41, 5.74) is 1.07. The maximum absolute atomic E-state index is 13.1. The number of aliphatic hydroxyl groups excluding tert-OH is 1. The topological polar surface area (TPSA) is 85.2 Å². The lowest BCUT2D eigenvalue weighted by atomic mass is 10.0. The third-order valence-corrected chi connectivity index (χ3v) is 6.89. The zero-order valence-electron chi connectivity index (χ0n) is 18.2. The Hall–Kier alpha value is -2.42. The van der Waals surface area contributed by atoms with Gasteiger partial charge in [-0.2, -0.15) is 0 Å². The molecule has 3 rings (SSSR count). The van der Waals surface area contributed by atoms with Gasteiger partial charge >= 0.3 is 0 Å². The van der Waals surface area contributed by atoms with Crippen LogP contribution in [-0.4, -0.2) is 75.2 Å². The minimum atomic E-state index is -3.66. The smallest absolute Gasteiger partial charge is 0.240 e. The molecule has 168 valence electrons. The molecule has 0 fully saturated rings. The summed E-state index contributed by atoms with van der Waals surface area (Å²) in [6.07, 6.45) is 2.06. The van der Waals surface area contributed by atoms with Crippen molar-refractivity contribution in [2.75, 3.05) is 33.8 Å². The lowest BCUT2D eigenvalue weighted by molar-refractivity contribution is 0.238. The highest BCUT2D eigenvalue weighted by Crippen LogP contribution is 2.19. The Kier molecular flexibility index (Phi) is 8.06. The summed E-state index contributed by atoms with van der Waals surface area (Å²) >= 11 is 0. The van der Waals surface area contributed by atoms with Crippen molar-refractivity contribution in [2.45, 2.75) is 36.2 Å². The quantitative estimate of drug-likeness (QED) is 0.585. The van der Waals surface area contributed by atoms with Gasteiger partial charge < -0.3 is 14.9 Å². The van der Waals surface area contributed by atoms with Crippen LogP contribution in [0.3, 0.4) is 0 Å². The number of benzene rings is 2. The minimum absolute atomic E-state index is 0.135. The van der Waals surface area contributed by atoms with E-state index in [2.05, 4.69) is 14.6 Å². The van der Waals surface area contributed by atoms with Crippen LogP contribution in [0.25, 0.3) is 0 Å². The summed E-state index contributed by atoms with van der Waals surface area (Å²) < 4.78 is 29.1. The van der Waals surface area contributed by atoms with Crippen LogP contribution in [0.5, 0.6) is 0 Å². The highest BCUT2D eigenvalue weighted by atomic mass is 32.2. The largest absolute Gasteiger partial charge is 0.396 e. The Morgan fingerprint density at radius 2 is 1.77 bits per heavy atom. The molecule has 0 saturated heterocycles. The number of hydrogen-bond donors (Lipinski definition) is 2. The van der Waals surface area contributed by atoms with E-state index in [-0.39, 0.29) is 23.6 Å². The van der Waals surface area contributed by atoms with Gasteiger partial charge in [0.25, 0.3) is 0 Å². The van der Waals surface area contributed by atoms with Crippen molar-refractivity contribution in [3.05, 3.63) is 66.2 Å². The van der Waals surface area contributed by atoms with Crippen molar-refractivity contribution >= 4 is 16.0 Å². The molecule has 0 aliphatic carbocycles. The molecule has 0 amide bonds. The van der Waals surface area contributed by atoms with E-state index in [0.717, 1.165) is 17.9 Å². The van der Waals surface area contributed by atoms with Crippen LogP contribution >= 0.6 is 0 Å².